The Morgan fingerprint density at radius 2 is 2.00 bits per heavy atom. The Morgan fingerprint density at radius 1 is 1.38 bits per heavy atom. The summed E-state index contributed by atoms with van der Waals surface area (Å²) in [4.78, 5) is 0. The summed E-state index contributed by atoms with van der Waals surface area (Å²) in [6.07, 6.45) is 5.95. The maximum Gasteiger partial charge on any atom is 0.171 e. The fourth-order valence-corrected chi connectivity index (χ4v) is 1.92. The number of rotatable bonds is 1. The van der Waals surface area contributed by atoms with Crippen LogP contribution in [0.4, 0.5) is 0 Å². The molecule has 0 bridgehead atoms. The third-order valence-corrected chi connectivity index (χ3v) is 2.65. The van der Waals surface area contributed by atoms with Gasteiger partial charge in [-0.1, -0.05) is 0 Å². The minimum Gasteiger partial charge on any atom is -0.488 e. The lowest BCUT2D eigenvalue weighted by Gasteiger charge is -2.08. The van der Waals surface area contributed by atoms with Crippen LogP contribution in [0.5, 0.6) is 11.5 Å². The monoisotopic (exact) mass is 194 g/mol. The van der Waals surface area contributed by atoms with E-state index in [1.807, 2.05) is 10.8 Å². The van der Waals surface area contributed by atoms with Crippen LogP contribution in [-0.4, -0.2) is 13.2 Å². The highest BCUT2D eigenvalue weighted by Gasteiger charge is 2.17. The summed E-state index contributed by atoms with van der Waals surface area (Å²) in [5.74, 6) is 4.65. The Hall–Kier alpha value is -1.14. The van der Waals surface area contributed by atoms with Gasteiger partial charge >= 0.3 is 0 Å². The molecule has 0 fully saturated rings. The average Bonchev–Trinajstić information content (AvgIpc) is 2.50. The third kappa shape index (κ3) is 1.78. The molecular formula is C10H10O2S. The van der Waals surface area contributed by atoms with Gasteiger partial charge in [0.1, 0.15) is 0 Å². The molecule has 0 aromatic carbocycles. The smallest absolute Gasteiger partial charge is 0.171 e. The van der Waals surface area contributed by atoms with E-state index in [0.29, 0.717) is 25.6 Å². The Morgan fingerprint density at radius 3 is 2.54 bits per heavy atom. The lowest BCUT2D eigenvalue weighted by molar-refractivity contribution is 0.217. The minimum atomic E-state index is 0.322. The largest absolute Gasteiger partial charge is 0.488 e. The quantitative estimate of drug-likeness (QED) is 0.638. The standard InChI is InChI=1S/C10H10O2S/c1-2-3-8-4-11-9-6-13-7-10(9)12-5-8/h1,6-8H,3-5H2. The van der Waals surface area contributed by atoms with Crippen molar-refractivity contribution in [2.45, 2.75) is 6.42 Å². The molecule has 3 heteroatoms. The zero-order chi connectivity index (χ0) is 9.10. The van der Waals surface area contributed by atoms with Crippen LogP contribution in [0.3, 0.4) is 0 Å². The van der Waals surface area contributed by atoms with Crippen LogP contribution in [0.2, 0.25) is 0 Å². The molecule has 1 aliphatic heterocycles. The Bertz CT molecular complexity index is 301. The highest BCUT2D eigenvalue weighted by atomic mass is 32.1. The van der Waals surface area contributed by atoms with Crippen molar-refractivity contribution in [1.29, 1.82) is 0 Å². The van der Waals surface area contributed by atoms with Gasteiger partial charge in [0.2, 0.25) is 0 Å². The molecule has 2 rings (SSSR count). The molecule has 1 aromatic heterocycles. The maximum absolute atomic E-state index is 5.54. The topological polar surface area (TPSA) is 18.5 Å². The molecule has 2 heterocycles. The molecule has 13 heavy (non-hydrogen) atoms. The zero-order valence-electron chi connectivity index (χ0n) is 7.16. The lowest BCUT2D eigenvalue weighted by atomic mass is 10.1. The summed E-state index contributed by atoms with van der Waals surface area (Å²) in [5.41, 5.74) is 0. The zero-order valence-corrected chi connectivity index (χ0v) is 7.97. The molecule has 68 valence electrons. The lowest BCUT2D eigenvalue weighted by Crippen LogP contribution is -2.16. The van der Waals surface area contributed by atoms with Crippen molar-refractivity contribution < 1.29 is 9.47 Å². The van der Waals surface area contributed by atoms with E-state index < -0.39 is 0 Å². The second-order valence-electron chi connectivity index (χ2n) is 3.00. The molecular weight excluding hydrogens is 184 g/mol. The molecule has 0 atom stereocenters. The molecule has 0 spiro atoms. The first kappa shape index (κ1) is 8.46. The van der Waals surface area contributed by atoms with Gasteiger partial charge in [-0.2, -0.15) is 0 Å². The van der Waals surface area contributed by atoms with Crippen LogP contribution < -0.4 is 9.47 Å². The van der Waals surface area contributed by atoms with Gasteiger partial charge in [0, 0.05) is 23.1 Å². The van der Waals surface area contributed by atoms with Gasteiger partial charge < -0.3 is 9.47 Å². The average molecular weight is 194 g/mol. The first-order chi connectivity index (χ1) is 6.40. The van der Waals surface area contributed by atoms with Crippen LogP contribution in [0.15, 0.2) is 10.8 Å². The maximum atomic E-state index is 5.54. The summed E-state index contributed by atoms with van der Waals surface area (Å²) >= 11 is 1.59. The number of thiophene rings is 1. The van der Waals surface area contributed by atoms with Gasteiger partial charge in [0.25, 0.3) is 0 Å². The number of hydrogen-bond acceptors (Lipinski definition) is 3. The molecule has 1 aromatic rings. The van der Waals surface area contributed by atoms with E-state index in [0.717, 1.165) is 11.5 Å². The number of hydrogen-bond donors (Lipinski definition) is 0. The summed E-state index contributed by atoms with van der Waals surface area (Å²) < 4.78 is 11.1. The predicted octanol–water partition coefficient (Wildman–Crippen LogP) is 2.16. The van der Waals surface area contributed by atoms with Gasteiger partial charge in [-0.15, -0.1) is 23.7 Å². The third-order valence-electron chi connectivity index (χ3n) is 1.95. The SMILES string of the molecule is C#CCC1COc2cscc2OC1. The van der Waals surface area contributed by atoms with Gasteiger partial charge in [-0.25, -0.2) is 0 Å². The highest BCUT2D eigenvalue weighted by molar-refractivity contribution is 7.08. The Labute approximate surface area is 81.5 Å². The molecule has 0 aliphatic carbocycles. The van der Waals surface area contributed by atoms with Crippen LogP contribution in [-0.2, 0) is 0 Å². The van der Waals surface area contributed by atoms with Crippen LogP contribution >= 0.6 is 11.3 Å². The van der Waals surface area contributed by atoms with Crippen LogP contribution in [0.25, 0.3) is 0 Å². The molecule has 0 saturated heterocycles. The molecule has 1 aliphatic rings. The second-order valence-corrected chi connectivity index (χ2v) is 3.74. The highest BCUT2D eigenvalue weighted by Crippen LogP contribution is 2.34. The number of fused-ring (bicyclic) bond motifs is 1. The first-order valence-electron chi connectivity index (χ1n) is 4.15. The summed E-state index contributed by atoms with van der Waals surface area (Å²) in [5, 5.41) is 3.90. The van der Waals surface area contributed by atoms with E-state index in [4.69, 9.17) is 15.9 Å². The Kier molecular flexibility index (Phi) is 2.42. The van der Waals surface area contributed by atoms with E-state index >= 15 is 0 Å². The van der Waals surface area contributed by atoms with E-state index in [-0.39, 0.29) is 0 Å². The summed E-state index contributed by atoms with van der Waals surface area (Å²) in [6.45, 7) is 1.32. The number of terminal acetylenes is 1. The van der Waals surface area contributed by atoms with Crippen molar-refractivity contribution in [2.24, 2.45) is 5.92 Å². The van der Waals surface area contributed by atoms with Crippen LogP contribution in [0, 0.1) is 18.3 Å². The molecule has 0 amide bonds. The number of ether oxygens (including phenoxy) is 2. The fraction of sp³-hybridized carbons (Fsp3) is 0.400. The first-order valence-corrected chi connectivity index (χ1v) is 5.09. The predicted molar refractivity (Wildman–Crippen MR) is 52.2 cm³/mol. The summed E-state index contributed by atoms with van der Waals surface area (Å²) in [6, 6.07) is 0. The Balaban J connectivity index is 2.05. The molecule has 0 unspecified atom stereocenters. The van der Waals surface area contributed by atoms with E-state index in [1.165, 1.54) is 0 Å². The fourth-order valence-electron chi connectivity index (χ4n) is 1.23. The summed E-state index contributed by atoms with van der Waals surface area (Å²) in [7, 11) is 0. The molecule has 0 saturated carbocycles. The van der Waals surface area contributed by atoms with Gasteiger partial charge in [-0.05, 0) is 0 Å². The van der Waals surface area contributed by atoms with Crippen LogP contribution in [0.1, 0.15) is 6.42 Å². The molecule has 0 radical (unpaired) electrons. The van der Waals surface area contributed by atoms with Crippen molar-refractivity contribution in [2.75, 3.05) is 13.2 Å². The van der Waals surface area contributed by atoms with Crippen molar-refractivity contribution in [3.63, 3.8) is 0 Å². The van der Waals surface area contributed by atoms with E-state index in [1.54, 1.807) is 11.3 Å². The second kappa shape index (κ2) is 3.71. The molecule has 0 N–H and O–H groups in total. The van der Waals surface area contributed by atoms with Gasteiger partial charge in [0.15, 0.2) is 11.5 Å². The molecule has 2 nitrogen and oxygen atoms in total. The van der Waals surface area contributed by atoms with Crippen molar-refractivity contribution in [3.8, 4) is 23.8 Å². The van der Waals surface area contributed by atoms with Gasteiger partial charge in [0.05, 0.1) is 13.2 Å². The van der Waals surface area contributed by atoms with Crippen molar-refractivity contribution in [1.82, 2.24) is 0 Å². The van der Waals surface area contributed by atoms with Crippen molar-refractivity contribution >= 4 is 11.3 Å². The van der Waals surface area contributed by atoms with Gasteiger partial charge in [-0.3, -0.25) is 0 Å². The van der Waals surface area contributed by atoms with Crippen molar-refractivity contribution in [3.05, 3.63) is 10.8 Å². The van der Waals surface area contributed by atoms with E-state index in [2.05, 4.69) is 5.92 Å². The minimum absolute atomic E-state index is 0.322. The normalized spacial score (nSPS) is 16.2. The van der Waals surface area contributed by atoms with E-state index in [9.17, 15) is 0 Å².